The fraction of sp³-hybridized carbons (Fsp3) is 0.417. The second-order valence-corrected chi connectivity index (χ2v) is 3.70. The largest absolute Gasteiger partial charge is 0.330 e. The lowest BCUT2D eigenvalue weighted by Gasteiger charge is -2.07. The van der Waals surface area contributed by atoms with Gasteiger partial charge in [0.1, 0.15) is 5.82 Å². The summed E-state index contributed by atoms with van der Waals surface area (Å²) in [6.07, 6.45) is 4.95. The van der Waals surface area contributed by atoms with Gasteiger partial charge in [0.05, 0.1) is 11.7 Å². The molecule has 3 heteroatoms. The molecule has 0 unspecified atom stereocenters. The highest BCUT2D eigenvalue weighted by Crippen LogP contribution is 2.12. The molecule has 0 fully saturated rings. The van der Waals surface area contributed by atoms with Crippen molar-refractivity contribution in [3.05, 3.63) is 35.9 Å². The minimum atomic E-state index is 0.743. The molecule has 0 atom stereocenters. The van der Waals surface area contributed by atoms with E-state index >= 15 is 0 Å². The third kappa shape index (κ3) is 1.88. The second kappa shape index (κ2) is 4.45. The summed E-state index contributed by atoms with van der Waals surface area (Å²) in [7, 11) is 0. The van der Waals surface area contributed by atoms with Crippen molar-refractivity contribution in [2.24, 2.45) is 5.73 Å². The fourth-order valence-electron chi connectivity index (χ4n) is 1.91. The van der Waals surface area contributed by atoms with Gasteiger partial charge in [-0.25, -0.2) is 4.98 Å². The maximum absolute atomic E-state index is 5.54. The van der Waals surface area contributed by atoms with E-state index in [1.54, 1.807) is 0 Å². The van der Waals surface area contributed by atoms with Crippen molar-refractivity contribution >= 4 is 5.52 Å². The highest BCUT2D eigenvalue weighted by Gasteiger charge is 2.05. The normalized spacial score (nSPS) is 11.1. The standard InChI is InChI=1S/C12H17N3/c1-2-12-14-9-11-6-3-5-10(15(11)12)7-4-8-13/h3,5-6,9H,2,4,7-8,13H2,1H3. The molecule has 0 saturated heterocycles. The molecule has 2 heterocycles. The predicted octanol–water partition coefficient (Wildman–Crippen LogP) is 1.79. The first-order chi connectivity index (χ1) is 7.36. The summed E-state index contributed by atoms with van der Waals surface area (Å²) in [6, 6.07) is 6.34. The van der Waals surface area contributed by atoms with E-state index in [4.69, 9.17) is 5.73 Å². The molecule has 0 aliphatic rings. The van der Waals surface area contributed by atoms with Crippen molar-refractivity contribution < 1.29 is 0 Å². The quantitative estimate of drug-likeness (QED) is 0.823. The van der Waals surface area contributed by atoms with Crippen LogP contribution in [0.1, 0.15) is 24.9 Å². The lowest BCUT2D eigenvalue weighted by atomic mass is 10.2. The van der Waals surface area contributed by atoms with Crippen LogP contribution in [0.4, 0.5) is 0 Å². The smallest absolute Gasteiger partial charge is 0.113 e. The molecule has 0 spiro atoms. The molecule has 2 aromatic heterocycles. The Kier molecular flexibility index (Phi) is 3.02. The fourth-order valence-corrected chi connectivity index (χ4v) is 1.91. The average Bonchev–Trinajstić information content (AvgIpc) is 2.69. The van der Waals surface area contributed by atoms with E-state index in [9.17, 15) is 0 Å². The first-order valence-electron chi connectivity index (χ1n) is 5.51. The first-order valence-corrected chi connectivity index (χ1v) is 5.51. The van der Waals surface area contributed by atoms with Gasteiger partial charge >= 0.3 is 0 Å². The Morgan fingerprint density at radius 2 is 2.27 bits per heavy atom. The number of pyridine rings is 1. The number of nitrogens with zero attached hydrogens (tertiary/aromatic N) is 2. The molecule has 0 aliphatic carbocycles. The summed E-state index contributed by atoms with van der Waals surface area (Å²) in [5.74, 6) is 1.14. The van der Waals surface area contributed by atoms with Crippen LogP contribution in [0.2, 0.25) is 0 Å². The number of nitrogens with two attached hydrogens (primary N) is 1. The number of imidazole rings is 1. The van der Waals surface area contributed by atoms with Crippen molar-refractivity contribution in [1.82, 2.24) is 9.38 Å². The van der Waals surface area contributed by atoms with Crippen LogP contribution in [-0.2, 0) is 12.8 Å². The van der Waals surface area contributed by atoms with Gasteiger partial charge in [0.2, 0.25) is 0 Å². The maximum Gasteiger partial charge on any atom is 0.113 e. The van der Waals surface area contributed by atoms with E-state index in [1.165, 1.54) is 11.2 Å². The lowest BCUT2D eigenvalue weighted by molar-refractivity contribution is 0.780. The highest BCUT2D eigenvalue weighted by molar-refractivity contribution is 5.47. The summed E-state index contributed by atoms with van der Waals surface area (Å²) >= 11 is 0. The zero-order valence-corrected chi connectivity index (χ0v) is 9.11. The van der Waals surface area contributed by atoms with Gasteiger partial charge in [0.15, 0.2) is 0 Å². The number of rotatable bonds is 4. The molecule has 0 saturated carbocycles. The maximum atomic E-state index is 5.54. The molecular formula is C12H17N3. The number of aromatic nitrogens is 2. The topological polar surface area (TPSA) is 43.3 Å². The molecule has 0 bridgehead atoms. The first kappa shape index (κ1) is 10.2. The Morgan fingerprint density at radius 3 is 3.00 bits per heavy atom. The SMILES string of the molecule is CCc1ncc2cccc(CCCN)n12. The van der Waals surface area contributed by atoms with E-state index < -0.39 is 0 Å². The summed E-state index contributed by atoms with van der Waals surface area (Å²) in [6.45, 7) is 2.88. The van der Waals surface area contributed by atoms with Crippen LogP contribution in [0, 0.1) is 0 Å². The Labute approximate surface area is 89.9 Å². The highest BCUT2D eigenvalue weighted by atomic mass is 15.0. The van der Waals surface area contributed by atoms with Crippen LogP contribution in [0.5, 0.6) is 0 Å². The van der Waals surface area contributed by atoms with Crippen LogP contribution in [-0.4, -0.2) is 15.9 Å². The van der Waals surface area contributed by atoms with Gasteiger partial charge in [-0.1, -0.05) is 13.0 Å². The third-order valence-electron chi connectivity index (χ3n) is 2.66. The Bertz CT molecular complexity index is 445. The predicted molar refractivity (Wildman–Crippen MR) is 61.9 cm³/mol. The molecule has 15 heavy (non-hydrogen) atoms. The second-order valence-electron chi connectivity index (χ2n) is 3.70. The van der Waals surface area contributed by atoms with E-state index in [0.29, 0.717) is 0 Å². The minimum Gasteiger partial charge on any atom is -0.330 e. The van der Waals surface area contributed by atoms with Gasteiger partial charge in [-0.2, -0.15) is 0 Å². The Balaban J connectivity index is 2.47. The van der Waals surface area contributed by atoms with E-state index in [0.717, 1.165) is 31.6 Å². The minimum absolute atomic E-state index is 0.743. The molecule has 2 aromatic rings. The molecule has 0 radical (unpaired) electrons. The van der Waals surface area contributed by atoms with Crippen LogP contribution in [0.15, 0.2) is 24.4 Å². The molecule has 2 N–H and O–H groups in total. The van der Waals surface area contributed by atoms with Gasteiger partial charge in [-0.3, -0.25) is 0 Å². The lowest BCUT2D eigenvalue weighted by Crippen LogP contribution is -2.05. The molecule has 0 aliphatic heterocycles. The van der Waals surface area contributed by atoms with E-state index in [1.807, 2.05) is 6.20 Å². The van der Waals surface area contributed by atoms with Crippen molar-refractivity contribution in [3.8, 4) is 0 Å². The van der Waals surface area contributed by atoms with Crippen molar-refractivity contribution in [1.29, 1.82) is 0 Å². The zero-order chi connectivity index (χ0) is 10.7. The van der Waals surface area contributed by atoms with Gasteiger partial charge in [0, 0.05) is 12.1 Å². The van der Waals surface area contributed by atoms with Crippen LogP contribution >= 0.6 is 0 Å². The van der Waals surface area contributed by atoms with Crippen molar-refractivity contribution in [2.45, 2.75) is 26.2 Å². The summed E-state index contributed by atoms with van der Waals surface area (Å²) in [5.41, 5.74) is 8.04. The molecular weight excluding hydrogens is 186 g/mol. The number of aryl methyl sites for hydroxylation is 2. The number of hydrogen-bond donors (Lipinski definition) is 1. The molecule has 3 nitrogen and oxygen atoms in total. The van der Waals surface area contributed by atoms with Gasteiger partial charge in [-0.15, -0.1) is 0 Å². The number of fused-ring (bicyclic) bond motifs is 1. The average molecular weight is 203 g/mol. The van der Waals surface area contributed by atoms with E-state index in [-0.39, 0.29) is 0 Å². The molecule has 80 valence electrons. The summed E-state index contributed by atoms with van der Waals surface area (Å²) in [4.78, 5) is 4.41. The number of hydrogen-bond acceptors (Lipinski definition) is 2. The molecule has 2 rings (SSSR count). The van der Waals surface area contributed by atoms with Crippen LogP contribution < -0.4 is 5.73 Å². The van der Waals surface area contributed by atoms with Crippen molar-refractivity contribution in [2.75, 3.05) is 6.54 Å². The molecule has 0 amide bonds. The van der Waals surface area contributed by atoms with Crippen LogP contribution in [0.25, 0.3) is 5.52 Å². The summed E-state index contributed by atoms with van der Waals surface area (Å²) < 4.78 is 2.25. The summed E-state index contributed by atoms with van der Waals surface area (Å²) in [5, 5.41) is 0. The zero-order valence-electron chi connectivity index (χ0n) is 9.11. The third-order valence-corrected chi connectivity index (χ3v) is 2.66. The molecule has 0 aromatic carbocycles. The van der Waals surface area contributed by atoms with E-state index in [2.05, 4.69) is 34.5 Å². The van der Waals surface area contributed by atoms with Gasteiger partial charge in [0.25, 0.3) is 0 Å². The van der Waals surface area contributed by atoms with Crippen LogP contribution in [0.3, 0.4) is 0 Å². The van der Waals surface area contributed by atoms with Gasteiger partial charge < -0.3 is 10.1 Å². The Hall–Kier alpha value is -1.35. The van der Waals surface area contributed by atoms with Crippen molar-refractivity contribution in [3.63, 3.8) is 0 Å². The van der Waals surface area contributed by atoms with Gasteiger partial charge in [-0.05, 0) is 31.5 Å². The Morgan fingerprint density at radius 1 is 1.40 bits per heavy atom. The monoisotopic (exact) mass is 203 g/mol.